The van der Waals surface area contributed by atoms with Crippen molar-refractivity contribution in [3.05, 3.63) is 12.7 Å². The highest BCUT2D eigenvalue weighted by molar-refractivity contribution is 5.88. The Morgan fingerprint density at radius 3 is 2.88 bits per heavy atom. The van der Waals surface area contributed by atoms with Gasteiger partial charge in [0.25, 0.3) is 0 Å². The summed E-state index contributed by atoms with van der Waals surface area (Å²) in [5.74, 6) is 0.533. The van der Waals surface area contributed by atoms with Crippen LogP contribution in [-0.4, -0.2) is 53.8 Å². The fourth-order valence-corrected chi connectivity index (χ4v) is 1.91. The van der Waals surface area contributed by atoms with Gasteiger partial charge in [0, 0.05) is 19.8 Å². The van der Waals surface area contributed by atoms with Gasteiger partial charge >= 0.3 is 0 Å². The lowest BCUT2D eigenvalue weighted by Gasteiger charge is -2.24. The third-order valence-corrected chi connectivity index (χ3v) is 2.73. The van der Waals surface area contributed by atoms with Gasteiger partial charge in [0.1, 0.15) is 12.2 Å². The number of nitrogens with one attached hydrogen (secondary N) is 1. The molecule has 0 aromatic heterocycles. The molecule has 0 aromatic carbocycles. The normalized spacial score (nSPS) is 19.9. The molecule has 92 valence electrons. The molecule has 1 aliphatic heterocycles. The number of amidine groups is 1. The molecule has 0 aromatic rings. The number of likely N-dealkylation sites (tertiary alicyclic amines) is 1. The summed E-state index contributed by atoms with van der Waals surface area (Å²) in [6, 6.07) is 0.0695. The second-order valence-electron chi connectivity index (χ2n) is 3.72. The molecule has 1 fully saturated rings. The number of aliphatic imine (C=N–C) groups is 1. The zero-order valence-corrected chi connectivity index (χ0v) is 9.96. The number of hydrazone groups is 1. The number of amides is 1. The minimum Gasteiger partial charge on any atom is -0.337 e. The maximum atomic E-state index is 11.4. The van der Waals surface area contributed by atoms with Gasteiger partial charge in [-0.1, -0.05) is 6.58 Å². The van der Waals surface area contributed by atoms with Gasteiger partial charge in [-0.15, -0.1) is 0 Å². The van der Waals surface area contributed by atoms with E-state index in [2.05, 4.69) is 23.4 Å². The van der Waals surface area contributed by atoms with Gasteiger partial charge in [0.2, 0.25) is 5.91 Å². The monoisotopic (exact) mass is 235 g/mol. The fraction of sp³-hybridized carbons (Fsp3) is 0.455. The first-order valence-corrected chi connectivity index (χ1v) is 5.34. The highest BCUT2D eigenvalue weighted by Gasteiger charge is 2.29. The van der Waals surface area contributed by atoms with Crippen LogP contribution < -0.4 is 0 Å². The van der Waals surface area contributed by atoms with E-state index in [9.17, 15) is 4.79 Å². The Bertz CT molecular complexity index is 363. The fourth-order valence-electron chi connectivity index (χ4n) is 1.91. The Hall–Kier alpha value is -1.98. The van der Waals surface area contributed by atoms with Crippen molar-refractivity contribution in [2.24, 2.45) is 10.1 Å². The average Bonchev–Trinajstić information content (AvgIpc) is 2.79. The van der Waals surface area contributed by atoms with E-state index in [1.54, 1.807) is 16.8 Å². The number of carbonyl (C=O) groups is 1. The Morgan fingerprint density at radius 1 is 1.65 bits per heavy atom. The second-order valence-corrected chi connectivity index (χ2v) is 3.72. The van der Waals surface area contributed by atoms with Crippen LogP contribution in [0, 0.1) is 5.41 Å². The van der Waals surface area contributed by atoms with Gasteiger partial charge < -0.3 is 4.90 Å². The van der Waals surface area contributed by atoms with Crippen LogP contribution >= 0.6 is 0 Å². The van der Waals surface area contributed by atoms with Crippen molar-refractivity contribution < 1.29 is 4.79 Å². The maximum absolute atomic E-state index is 11.4. The van der Waals surface area contributed by atoms with Crippen LogP contribution in [0.5, 0.6) is 0 Å². The summed E-state index contributed by atoms with van der Waals surface area (Å²) in [5.41, 5.74) is 0. The van der Waals surface area contributed by atoms with E-state index in [1.165, 1.54) is 6.08 Å². The lowest BCUT2D eigenvalue weighted by molar-refractivity contribution is -0.125. The molecule has 1 N–H and O–H groups in total. The van der Waals surface area contributed by atoms with E-state index < -0.39 is 0 Å². The largest absolute Gasteiger partial charge is 0.337 e. The summed E-state index contributed by atoms with van der Waals surface area (Å²) >= 11 is 0. The van der Waals surface area contributed by atoms with E-state index in [0.717, 1.165) is 12.8 Å². The molecule has 0 unspecified atom stereocenters. The van der Waals surface area contributed by atoms with Gasteiger partial charge in [0.15, 0.2) is 0 Å². The Kier molecular flexibility index (Phi) is 4.56. The maximum Gasteiger partial charge on any atom is 0.246 e. The first-order valence-electron chi connectivity index (χ1n) is 5.34. The third kappa shape index (κ3) is 2.99. The highest BCUT2D eigenvalue weighted by Crippen LogP contribution is 2.16. The summed E-state index contributed by atoms with van der Waals surface area (Å²) in [6.07, 6.45) is 3.09. The molecule has 1 aliphatic rings. The summed E-state index contributed by atoms with van der Waals surface area (Å²) in [5, 5.41) is 12.5. The van der Waals surface area contributed by atoms with Crippen LogP contribution in [0.15, 0.2) is 22.7 Å². The van der Waals surface area contributed by atoms with Crippen molar-refractivity contribution in [1.29, 1.82) is 5.41 Å². The van der Waals surface area contributed by atoms with Gasteiger partial charge in [-0.25, -0.2) is 10.0 Å². The quantitative estimate of drug-likeness (QED) is 0.337. The smallest absolute Gasteiger partial charge is 0.246 e. The second kappa shape index (κ2) is 5.93. The third-order valence-electron chi connectivity index (χ3n) is 2.73. The Balaban J connectivity index is 2.71. The number of carbonyl (C=O) groups excluding carboxylic acids is 1. The highest BCUT2D eigenvalue weighted by atomic mass is 16.2. The zero-order chi connectivity index (χ0) is 12.8. The first-order chi connectivity index (χ1) is 8.13. The van der Waals surface area contributed by atoms with Crippen LogP contribution in [0.1, 0.15) is 13.3 Å². The molecule has 6 heteroatoms. The molecule has 1 saturated heterocycles. The van der Waals surface area contributed by atoms with Crippen LogP contribution in [0.4, 0.5) is 0 Å². The Morgan fingerprint density at radius 2 is 2.35 bits per heavy atom. The van der Waals surface area contributed by atoms with Crippen LogP contribution in [0.2, 0.25) is 0 Å². The van der Waals surface area contributed by atoms with Crippen molar-refractivity contribution in [1.82, 2.24) is 9.91 Å². The first kappa shape index (κ1) is 13.1. The van der Waals surface area contributed by atoms with Crippen LogP contribution in [0.25, 0.3) is 0 Å². The molecule has 0 aliphatic carbocycles. The molecule has 1 amide bonds. The van der Waals surface area contributed by atoms with Crippen molar-refractivity contribution in [3.8, 4) is 0 Å². The van der Waals surface area contributed by atoms with Gasteiger partial charge in [0.05, 0.1) is 6.04 Å². The standard InChI is InChI=1S/C11H17N5O/c1-4-11(17)15-6-5-10(7-15)16(13-3)9(2)14-8-12/h4,8,10,12H,1,3,5-7H2,2H3/t10-/m1/s1. The molecule has 6 nitrogen and oxygen atoms in total. The molecule has 1 rings (SSSR count). The Labute approximate surface area is 101 Å². The molecule has 17 heavy (non-hydrogen) atoms. The number of hydrogen-bond acceptors (Lipinski definition) is 3. The van der Waals surface area contributed by atoms with Gasteiger partial charge in [-0.3, -0.25) is 10.2 Å². The van der Waals surface area contributed by atoms with Crippen LogP contribution in [-0.2, 0) is 4.79 Å². The number of nitrogens with zero attached hydrogens (tertiary/aromatic N) is 4. The summed E-state index contributed by atoms with van der Waals surface area (Å²) in [4.78, 5) is 17.0. The topological polar surface area (TPSA) is 72.1 Å². The summed E-state index contributed by atoms with van der Waals surface area (Å²) < 4.78 is 0. The molecule has 0 radical (unpaired) electrons. The van der Waals surface area contributed by atoms with Gasteiger partial charge in [-0.05, 0) is 19.4 Å². The summed E-state index contributed by atoms with van der Waals surface area (Å²) in [6.45, 7) is 9.98. The lowest BCUT2D eigenvalue weighted by Crippen LogP contribution is -2.38. The van der Waals surface area contributed by atoms with E-state index in [-0.39, 0.29) is 11.9 Å². The number of hydrogen-bond donors (Lipinski definition) is 1. The molecule has 1 atom stereocenters. The van der Waals surface area contributed by atoms with E-state index in [0.29, 0.717) is 18.9 Å². The van der Waals surface area contributed by atoms with Crippen molar-refractivity contribution in [3.63, 3.8) is 0 Å². The molecule has 0 bridgehead atoms. The SMILES string of the molecule is C=CC(=O)N1CC[C@@H](N(N=C)C(C)=NC=N)C1. The zero-order valence-electron chi connectivity index (χ0n) is 9.96. The summed E-state index contributed by atoms with van der Waals surface area (Å²) in [7, 11) is 0. The molecule has 1 heterocycles. The predicted octanol–water partition coefficient (Wildman–Crippen LogP) is 0.716. The molecule has 0 spiro atoms. The lowest BCUT2D eigenvalue weighted by atomic mass is 10.2. The molecule has 0 saturated carbocycles. The van der Waals surface area contributed by atoms with Crippen molar-refractivity contribution >= 4 is 24.8 Å². The average molecular weight is 235 g/mol. The van der Waals surface area contributed by atoms with E-state index in [4.69, 9.17) is 5.41 Å². The van der Waals surface area contributed by atoms with E-state index >= 15 is 0 Å². The van der Waals surface area contributed by atoms with Crippen LogP contribution in [0.3, 0.4) is 0 Å². The minimum absolute atomic E-state index is 0.0695. The predicted molar refractivity (Wildman–Crippen MR) is 68.5 cm³/mol. The molecular formula is C11H17N5O. The van der Waals surface area contributed by atoms with E-state index in [1.807, 2.05) is 0 Å². The van der Waals surface area contributed by atoms with Crippen molar-refractivity contribution in [2.75, 3.05) is 13.1 Å². The van der Waals surface area contributed by atoms with Gasteiger partial charge in [-0.2, -0.15) is 5.10 Å². The number of rotatable bonds is 4. The molecular weight excluding hydrogens is 218 g/mol. The minimum atomic E-state index is -0.0711. The van der Waals surface area contributed by atoms with Crippen molar-refractivity contribution in [2.45, 2.75) is 19.4 Å².